The third-order valence-electron chi connectivity index (χ3n) is 4.83. The van der Waals surface area contributed by atoms with E-state index in [2.05, 4.69) is 35.2 Å². The third kappa shape index (κ3) is 4.24. The van der Waals surface area contributed by atoms with Crippen LogP contribution in [0.1, 0.15) is 36.4 Å². The maximum Gasteiger partial charge on any atom is 0.226 e. The molecular weight excluding hydrogens is 317 g/mol. The molecule has 0 radical (unpaired) electrons. The molecule has 0 saturated carbocycles. The van der Waals surface area contributed by atoms with Crippen molar-refractivity contribution in [3.8, 4) is 0 Å². The fourth-order valence-electron chi connectivity index (χ4n) is 3.31. The number of amides is 1. The van der Waals surface area contributed by atoms with Gasteiger partial charge in [-0.1, -0.05) is 49.4 Å². The van der Waals surface area contributed by atoms with E-state index < -0.39 is 0 Å². The van der Waals surface area contributed by atoms with Crippen LogP contribution >= 0.6 is 0 Å². The Bertz CT molecular complexity index is 690. The third-order valence-corrected chi connectivity index (χ3v) is 4.83. The first kappa shape index (κ1) is 17.6. The van der Waals surface area contributed by atoms with Gasteiger partial charge in [0.25, 0.3) is 0 Å². The largest absolute Gasteiger partial charge is 0.355 e. The number of rotatable bonds is 6. The van der Waals surface area contributed by atoms with Crippen LogP contribution in [0.4, 0.5) is 4.39 Å². The number of carbonyl (C=O) groups is 1. The van der Waals surface area contributed by atoms with E-state index in [0.29, 0.717) is 19.0 Å². The second-order valence-corrected chi connectivity index (χ2v) is 6.42. The molecule has 0 bridgehead atoms. The molecule has 1 saturated heterocycles. The second kappa shape index (κ2) is 8.23. The highest BCUT2D eigenvalue weighted by atomic mass is 19.1. The number of nitrogens with one attached hydrogen (secondary N) is 3. The van der Waals surface area contributed by atoms with Crippen LogP contribution in [0.5, 0.6) is 0 Å². The van der Waals surface area contributed by atoms with Gasteiger partial charge in [0.15, 0.2) is 0 Å². The van der Waals surface area contributed by atoms with E-state index in [1.807, 2.05) is 18.2 Å². The first-order chi connectivity index (χ1) is 12.2. The lowest BCUT2D eigenvalue weighted by atomic mass is 9.93. The molecule has 3 atom stereocenters. The minimum absolute atomic E-state index is 0.0150. The fraction of sp³-hybridized carbons (Fsp3) is 0.350. The van der Waals surface area contributed by atoms with Crippen LogP contribution in [0.3, 0.4) is 0 Å². The summed E-state index contributed by atoms with van der Waals surface area (Å²) in [5.74, 6) is -0.180. The van der Waals surface area contributed by atoms with Crippen LogP contribution in [0.2, 0.25) is 0 Å². The zero-order valence-electron chi connectivity index (χ0n) is 14.3. The summed E-state index contributed by atoms with van der Waals surface area (Å²) >= 11 is 0. The van der Waals surface area contributed by atoms with Crippen molar-refractivity contribution in [2.75, 3.05) is 13.1 Å². The van der Waals surface area contributed by atoms with Crippen molar-refractivity contribution < 1.29 is 9.18 Å². The zero-order valence-corrected chi connectivity index (χ0v) is 14.3. The minimum atomic E-state index is -0.274. The van der Waals surface area contributed by atoms with Crippen molar-refractivity contribution >= 4 is 5.91 Å². The maximum atomic E-state index is 13.1. The van der Waals surface area contributed by atoms with Crippen LogP contribution in [0.15, 0.2) is 54.6 Å². The van der Waals surface area contributed by atoms with E-state index in [9.17, 15) is 9.18 Å². The summed E-state index contributed by atoms with van der Waals surface area (Å²) in [6, 6.07) is 16.4. The van der Waals surface area contributed by atoms with E-state index in [0.717, 1.165) is 12.0 Å². The summed E-state index contributed by atoms with van der Waals surface area (Å²) in [5.41, 5.74) is 8.31. The number of hydrazine groups is 1. The van der Waals surface area contributed by atoms with E-state index in [-0.39, 0.29) is 23.7 Å². The van der Waals surface area contributed by atoms with E-state index >= 15 is 0 Å². The molecule has 0 spiro atoms. The number of halogens is 1. The first-order valence-corrected chi connectivity index (χ1v) is 8.75. The molecular formula is C20H24FN3O. The standard InChI is InChI=1S/C20H24FN3O/c1-2-14(15-6-4-3-5-7-15)12-22-20(25)18-13-23-24-19(18)16-8-10-17(21)11-9-16/h3-11,14,18-19,23-24H,2,12-13H2,1H3,(H,22,25). The van der Waals surface area contributed by atoms with Gasteiger partial charge in [-0.25, -0.2) is 9.82 Å². The Morgan fingerprint density at radius 2 is 1.92 bits per heavy atom. The average molecular weight is 341 g/mol. The van der Waals surface area contributed by atoms with Gasteiger partial charge in [0.05, 0.1) is 12.0 Å². The van der Waals surface area contributed by atoms with Crippen LogP contribution in [-0.4, -0.2) is 19.0 Å². The summed E-state index contributed by atoms with van der Waals surface area (Å²) < 4.78 is 13.1. The molecule has 5 heteroatoms. The Balaban J connectivity index is 1.63. The highest BCUT2D eigenvalue weighted by Gasteiger charge is 2.34. The minimum Gasteiger partial charge on any atom is -0.355 e. The molecule has 3 rings (SSSR count). The van der Waals surface area contributed by atoms with Gasteiger partial charge >= 0.3 is 0 Å². The highest BCUT2D eigenvalue weighted by molar-refractivity contribution is 5.80. The van der Waals surface area contributed by atoms with E-state index in [4.69, 9.17) is 0 Å². The van der Waals surface area contributed by atoms with E-state index in [1.165, 1.54) is 17.7 Å². The Kier molecular flexibility index (Phi) is 5.79. The lowest BCUT2D eigenvalue weighted by Gasteiger charge is -2.21. The fourth-order valence-corrected chi connectivity index (χ4v) is 3.31. The molecule has 0 aliphatic carbocycles. The van der Waals surface area contributed by atoms with Crippen molar-refractivity contribution in [3.63, 3.8) is 0 Å². The van der Waals surface area contributed by atoms with Crippen molar-refractivity contribution in [1.82, 2.24) is 16.2 Å². The molecule has 0 aromatic heterocycles. The molecule has 2 aromatic rings. The molecule has 3 unspecified atom stereocenters. The summed E-state index contributed by atoms with van der Waals surface area (Å²) in [4.78, 5) is 12.7. The van der Waals surface area contributed by atoms with Crippen LogP contribution in [0, 0.1) is 11.7 Å². The number of hydrogen-bond acceptors (Lipinski definition) is 3. The molecule has 3 N–H and O–H groups in total. The number of benzene rings is 2. The van der Waals surface area contributed by atoms with Gasteiger partial charge in [-0.2, -0.15) is 0 Å². The molecule has 25 heavy (non-hydrogen) atoms. The van der Waals surface area contributed by atoms with Gasteiger partial charge in [-0.15, -0.1) is 0 Å². The normalized spacial score (nSPS) is 21.0. The van der Waals surface area contributed by atoms with E-state index in [1.54, 1.807) is 12.1 Å². The topological polar surface area (TPSA) is 53.2 Å². The van der Waals surface area contributed by atoms with Crippen LogP contribution in [0.25, 0.3) is 0 Å². The Hall–Kier alpha value is -2.24. The molecule has 1 fully saturated rings. The molecule has 1 amide bonds. The van der Waals surface area contributed by atoms with Crippen molar-refractivity contribution in [2.45, 2.75) is 25.3 Å². The smallest absolute Gasteiger partial charge is 0.226 e. The Morgan fingerprint density at radius 3 is 2.60 bits per heavy atom. The Morgan fingerprint density at radius 1 is 1.20 bits per heavy atom. The predicted octanol–water partition coefficient (Wildman–Crippen LogP) is 2.90. The Labute approximate surface area is 147 Å². The first-order valence-electron chi connectivity index (χ1n) is 8.75. The summed E-state index contributed by atoms with van der Waals surface area (Å²) in [6.07, 6.45) is 0.965. The molecule has 1 aliphatic rings. The van der Waals surface area contributed by atoms with Crippen molar-refractivity contribution in [2.24, 2.45) is 5.92 Å². The molecule has 2 aromatic carbocycles. The summed E-state index contributed by atoms with van der Waals surface area (Å²) in [7, 11) is 0. The van der Waals surface area contributed by atoms with Crippen molar-refractivity contribution in [3.05, 3.63) is 71.5 Å². The lowest BCUT2D eigenvalue weighted by molar-refractivity contribution is -0.125. The van der Waals surface area contributed by atoms with Crippen molar-refractivity contribution in [1.29, 1.82) is 0 Å². The number of carbonyl (C=O) groups excluding carboxylic acids is 1. The maximum absolute atomic E-state index is 13.1. The van der Waals surface area contributed by atoms with Gasteiger partial charge in [0.1, 0.15) is 5.82 Å². The van der Waals surface area contributed by atoms with Crippen LogP contribution < -0.4 is 16.2 Å². The van der Waals surface area contributed by atoms with Gasteiger partial charge in [-0.3, -0.25) is 10.2 Å². The molecule has 1 aliphatic heterocycles. The van der Waals surface area contributed by atoms with Crippen LogP contribution in [-0.2, 0) is 4.79 Å². The predicted molar refractivity (Wildman–Crippen MR) is 96.3 cm³/mol. The highest BCUT2D eigenvalue weighted by Crippen LogP contribution is 2.26. The summed E-state index contributed by atoms with van der Waals surface area (Å²) in [5, 5.41) is 3.09. The van der Waals surface area contributed by atoms with Gasteiger partial charge in [-0.05, 0) is 29.7 Å². The molecule has 132 valence electrons. The number of hydrogen-bond donors (Lipinski definition) is 3. The average Bonchev–Trinajstić information content (AvgIpc) is 3.13. The monoisotopic (exact) mass is 341 g/mol. The van der Waals surface area contributed by atoms with Gasteiger partial charge < -0.3 is 5.32 Å². The molecule has 1 heterocycles. The van der Waals surface area contributed by atoms with Gasteiger partial charge in [0, 0.05) is 19.0 Å². The molecule has 4 nitrogen and oxygen atoms in total. The lowest BCUT2D eigenvalue weighted by Crippen LogP contribution is -2.37. The zero-order chi connectivity index (χ0) is 17.6. The quantitative estimate of drug-likeness (QED) is 0.757. The SMILES string of the molecule is CCC(CNC(=O)C1CNNC1c1ccc(F)cc1)c1ccccc1. The summed E-state index contributed by atoms with van der Waals surface area (Å²) in [6.45, 7) is 3.30. The van der Waals surface area contributed by atoms with Gasteiger partial charge in [0.2, 0.25) is 5.91 Å². The second-order valence-electron chi connectivity index (χ2n) is 6.42.